The molecule has 1 fully saturated rings. The fraction of sp³-hybridized carbons (Fsp3) is 0.316. The van der Waals surface area contributed by atoms with Crippen molar-refractivity contribution in [2.24, 2.45) is 0 Å². The van der Waals surface area contributed by atoms with Crippen LogP contribution in [0.15, 0.2) is 59.1 Å². The number of amides is 1. The Balaban J connectivity index is 1.48. The number of hydrogen-bond donors (Lipinski definition) is 2. The molecule has 3 rings (SSSR count). The lowest BCUT2D eigenvalue weighted by atomic mass is 10.2. The minimum Gasteiger partial charge on any atom is -0.365 e. The number of ether oxygens (including phenoxy) is 1. The summed E-state index contributed by atoms with van der Waals surface area (Å²) in [6, 6.07) is 17.9. The van der Waals surface area contributed by atoms with Gasteiger partial charge in [-0.25, -0.2) is 0 Å². The molecule has 0 bridgehead atoms. The van der Waals surface area contributed by atoms with Crippen LogP contribution >= 0.6 is 15.9 Å². The van der Waals surface area contributed by atoms with E-state index in [0.717, 1.165) is 30.7 Å². The van der Waals surface area contributed by atoms with Gasteiger partial charge in [0.25, 0.3) is 5.91 Å². The van der Waals surface area contributed by atoms with Crippen LogP contribution in [0.25, 0.3) is 0 Å². The molecule has 0 spiro atoms. The topological polar surface area (TPSA) is 42.8 Å². The molecule has 0 aromatic heterocycles. The Morgan fingerprint density at radius 2 is 1.92 bits per heavy atom. The van der Waals surface area contributed by atoms with Gasteiger partial charge in [-0.3, -0.25) is 4.79 Å². The Morgan fingerprint density at radius 3 is 2.67 bits per heavy atom. The van der Waals surface area contributed by atoms with Crippen LogP contribution < -0.4 is 10.2 Å². The average Bonchev–Trinajstić information content (AvgIpc) is 2.61. The molecule has 0 aliphatic carbocycles. The SMILES string of the molecule is O=C(NC[C@@H]1C[NH+](Cc2ccccc2)CCO1)c1ccc(Br)cc1. The van der Waals surface area contributed by atoms with Gasteiger partial charge in [0.1, 0.15) is 25.7 Å². The van der Waals surface area contributed by atoms with Crippen molar-refractivity contribution in [2.75, 3.05) is 26.2 Å². The predicted molar refractivity (Wildman–Crippen MR) is 97.1 cm³/mol. The maximum absolute atomic E-state index is 12.2. The zero-order valence-corrected chi connectivity index (χ0v) is 15.1. The van der Waals surface area contributed by atoms with Gasteiger partial charge in [0.05, 0.1) is 6.61 Å². The summed E-state index contributed by atoms with van der Waals surface area (Å²) in [7, 11) is 0. The molecule has 2 atom stereocenters. The van der Waals surface area contributed by atoms with Crippen molar-refractivity contribution in [3.8, 4) is 0 Å². The van der Waals surface area contributed by atoms with E-state index in [4.69, 9.17) is 4.74 Å². The van der Waals surface area contributed by atoms with Gasteiger partial charge in [-0.15, -0.1) is 0 Å². The lowest BCUT2D eigenvalue weighted by Crippen LogP contribution is -3.13. The van der Waals surface area contributed by atoms with Gasteiger partial charge in [0.2, 0.25) is 0 Å². The summed E-state index contributed by atoms with van der Waals surface area (Å²) in [6.45, 7) is 4.21. The Bertz CT molecular complexity index is 661. The van der Waals surface area contributed by atoms with Crippen LogP contribution in [-0.4, -0.2) is 38.3 Å². The number of quaternary nitrogens is 1. The summed E-state index contributed by atoms with van der Waals surface area (Å²) < 4.78 is 6.78. The molecule has 0 saturated carbocycles. The molecule has 1 heterocycles. The van der Waals surface area contributed by atoms with Gasteiger partial charge in [-0.1, -0.05) is 46.3 Å². The number of morpholine rings is 1. The van der Waals surface area contributed by atoms with E-state index in [1.54, 1.807) is 0 Å². The predicted octanol–water partition coefficient (Wildman–Crippen LogP) is 1.66. The number of carbonyl (C=O) groups excluding carboxylic acids is 1. The largest absolute Gasteiger partial charge is 0.365 e. The highest BCUT2D eigenvalue weighted by Crippen LogP contribution is 2.10. The number of carbonyl (C=O) groups is 1. The summed E-state index contributed by atoms with van der Waals surface area (Å²) in [5, 5.41) is 2.98. The molecule has 1 aliphatic rings. The number of rotatable bonds is 5. The lowest BCUT2D eigenvalue weighted by molar-refractivity contribution is -0.925. The molecule has 0 radical (unpaired) electrons. The summed E-state index contributed by atoms with van der Waals surface area (Å²) >= 11 is 3.38. The Morgan fingerprint density at radius 1 is 1.17 bits per heavy atom. The molecule has 2 aromatic rings. The van der Waals surface area contributed by atoms with Crippen molar-refractivity contribution in [1.82, 2.24) is 5.32 Å². The van der Waals surface area contributed by atoms with E-state index in [-0.39, 0.29) is 12.0 Å². The van der Waals surface area contributed by atoms with Gasteiger partial charge in [-0.05, 0) is 24.3 Å². The van der Waals surface area contributed by atoms with Crippen LogP contribution in [0.3, 0.4) is 0 Å². The van der Waals surface area contributed by atoms with E-state index in [0.29, 0.717) is 12.1 Å². The van der Waals surface area contributed by atoms with Gasteiger partial charge >= 0.3 is 0 Å². The van der Waals surface area contributed by atoms with Crippen molar-refractivity contribution in [3.63, 3.8) is 0 Å². The first-order valence-electron chi connectivity index (χ1n) is 8.23. The van der Waals surface area contributed by atoms with E-state index in [9.17, 15) is 4.79 Å². The Labute approximate surface area is 150 Å². The standard InChI is InChI=1S/C19H21BrN2O2/c20-17-8-6-16(7-9-17)19(23)21-12-18-14-22(10-11-24-18)13-15-4-2-1-3-5-15/h1-9,18H,10-14H2,(H,21,23)/p+1/t18-/m1/s1. The van der Waals surface area contributed by atoms with Gasteiger partial charge in [0.15, 0.2) is 0 Å². The highest BCUT2D eigenvalue weighted by molar-refractivity contribution is 9.10. The molecular weight excluding hydrogens is 368 g/mol. The van der Waals surface area contributed by atoms with Gasteiger partial charge in [-0.2, -0.15) is 0 Å². The molecular formula is C19H22BrN2O2+. The maximum atomic E-state index is 12.2. The van der Waals surface area contributed by atoms with Gasteiger partial charge in [0, 0.05) is 22.1 Å². The highest BCUT2D eigenvalue weighted by atomic mass is 79.9. The van der Waals surface area contributed by atoms with E-state index in [2.05, 4.69) is 45.5 Å². The van der Waals surface area contributed by atoms with E-state index in [1.165, 1.54) is 10.5 Å². The molecule has 126 valence electrons. The normalized spacial score (nSPS) is 20.5. The van der Waals surface area contributed by atoms with Crippen LogP contribution in [0.2, 0.25) is 0 Å². The number of hydrogen-bond acceptors (Lipinski definition) is 2. The van der Waals surface area contributed by atoms with Crippen molar-refractivity contribution in [1.29, 1.82) is 0 Å². The fourth-order valence-electron chi connectivity index (χ4n) is 2.94. The van der Waals surface area contributed by atoms with Crippen molar-refractivity contribution >= 4 is 21.8 Å². The second-order valence-electron chi connectivity index (χ2n) is 6.08. The minimum absolute atomic E-state index is 0.0544. The third-order valence-electron chi connectivity index (χ3n) is 4.22. The van der Waals surface area contributed by atoms with Crippen molar-refractivity contribution in [3.05, 3.63) is 70.2 Å². The van der Waals surface area contributed by atoms with Crippen LogP contribution in [0.4, 0.5) is 0 Å². The van der Waals surface area contributed by atoms with Crippen molar-refractivity contribution < 1.29 is 14.4 Å². The maximum Gasteiger partial charge on any atom is 0.251 e. The first kappa shape index (κ1) is 17.1. The summed E-state index contributed by atoms with van der Waals surface area (Å²) in [5.74, 6) is -0.0544. The average molecular weight is 390 g/mol. The smallest absolute Gasteiger partial charge is 0.251 e. The fourth-order valence-corrected chi connectivity index (χ4v) is 3.20. The third kappa shape index (κ3) is 4.90. The Hall–Kier alpha value is -1.69. The second kappa shape index (κ2) is 8.42. The second-order valence-corrected chi connectivity index (χ2v) is 6.99. The van der Waals surface area contributed by atoms with Crippen LogP contribution in [0.5, 0.6) is 0 Å². The quantitative estimate of drug-likeness (QED) is 0.816. The zero-order chi connectivity index (χ0) is 16.8. The van der Waals surface area contributed by atoms with Crippen LogP contribution in [0, 0.1) is 0 Å². The van der Waals surface area contributed by atoms with E-state index >= 15 is 0 Å². The number of halogens is 1. The molecule has 2 N–H and O–H groups in total. The number of nitrogens with one attached hydrogen (secondary N) is 2. The van der Waals surface area contributed by atoms with Gasteiger partial charge < -0.3 is 15.0 Å². The van der Waals surface area contributed by atoms with Crippen LogP contribution in [0.1, 0.15) is 15.9 Å². The number of benzene rings is 2. The third-order valence-corrected chi connectivity index (χ3v) is 4.75. The molecule has 1 saturated heterocycles. The molecule has 2 aromatic carbocycles. The highest BCUT2D eigenvalue weighted by Gasteiger charge is 2.24. The molecule has 1 unspecified atom stereocenters. The lowest BCUT2D eigenvalue weighted by Gasteiger charge is -2.30. The van der Waals surface area contributed by atoms with Crippen molar-refractivity contribution in [2.45, 2.75) is 12.6 Å². The Kier molecular flexibility index (Phi) is 6.01. The van der Waals surface area contributed by atoms with Crippen LogP contribution in [-0.2, 0) is 11.3 Å². The molecule has 4 nitrogen and oxygen atoms in total. The monoisotopic (exact) mass is 389 g/mol. The summed E-state index contributed by atoms with van der Waals surface area (Å²) in [6.07, 6.45) is 0.0665. The molecule has 1 aliphatic heterocycles. The first-order valence-corrected chi connectivity index (χ1v) is 9.03. The molecule has 1 amide bonds. The van der Waals surface area contributed by atoms with E-state index in [1.807, 2.05) is 30.3 Å². The van der Waals surface area contributed by atoms with E-state index < -0.39 is 0 Å². The first-order chi connectivity index (χ1) is 11.7. The molecule has 5 heteroatoms. The summed E-state index contributed by atoms with van der Waals surface area (Å²) in [5.41, 5.74) is 2.01. The molecule has 24 heavy (non-hydrogen) atoms. The zero-order valence-electron chi connectivity index (χ0n) is 13.5. The summed E-state index contributed by atoms with van der Waals surface area (Å²) in [4.78, 5) is 13.7. The minimum atomic E-state index is -0.0544.